The Morgan fingerprint density at radius 3 is 2.80 bits per heavy atom. The molecule has 0 amide bonds. The van der Waals surface area contributed by atoms with Crippen LogP contribution < -0.4 is 15.4 Å². The predicted molar refractivity (Wildman–Crippen MR) is 101 cm³/mol. The molecule has 3 rings (SSSR count). The summed E-state index contributed by atoms with van der Waals surface area (Å²) in [6.45, 7) is 3.47. The molecule has 0 aromatic heterocycles. The molecule has 6 nitrogen and oxygen atoms in total. The van der Waals surface area contributed by atoms with Crippen LogP contribution in [0.25, 0.3) is 0 Å². The molecule has 0 radical (unpaired) electrons. The molecule has 0 unspecified atom stereocenters. The van der Waals surface area contributed by atoms with E-state index in [1.807, 2.05) is 31.1 Å². The number of hydrogen-bond acceptors (Lipinski definition) is 5. The third-order valence-corrected chi connectivity index (χ3v) is 5.07. The Balaban J connectivity index is 0.00000225. The maximum absolute atomic E-state index is 11.4. The zero-order valence-corrected chi connectivity index (χ0v) is 15.7. The minimum absolute atomic E-state index is 0. The van der Waals surface area contributed by atoms with Crippen LogP contribution in [0.2, 0.25) is 0 Å². The summed E-state index contributed by atoms with van der Waals surface area (Å²) >= 11 is 0. The number of carbonyl (C=O) groups is 1. The largest absolute Gasteiger partial charge is 0.491 e. The second-order valence-electron chi connectivity index (χ2n) is 7.34. The molecule has 7 heteroatoms. The number of halogens is 1. The highest BCUT2D eigenvalue weighted by Gasteiger charge is 2.45. The van der Waals surface area contributed by atoms with E-state index >= 15 is 0 Å². The SMILES string of the molecule is CN(C)CCOc1cc(NC2CC3(CCNC3)C2)ccc1C(=O)O.Cl. The van der Waals surface area contributed by atoms with Crippen molar-refractivity contribution in [2.24, 2.45) is 5.41 Å². The lowest BCUT2D eigenvalue weighted by Gasteiger charge is -2.45. The van der Waals surface area contributed by atoms with Crippen LogP contribution >= 0.6 is 12.4 Å². The number of likely N-dealkylation sites (N-methyl/N-ethyl adjacent to an activating group) is 1. The fraction of sp³-hybridized carbons (Fsp3) is 0.611. The number of nitrogens with one attached hydrogen (secondary N) is 2. The summed E-state index contributed by atoms with van der Waals surface area (Å²) in [4.78, 5) is 13.4. The first-order valence-corrected chi connectivity index (χ1v) is 8.60. The Hall–Kier alpha value is -1.50. The van der Waals surface area contributed by atoms with Crippen LogP contribution in [-0.2, 0) is 0 Å². The zero-order chi connectivity index (χ0) is 17.2. The summed E-state index contributed by atoms with van der Waals surface area (Å²) in [5.74, 6) is -0.521. The maximum Gasteiger partial charge on any atom is 0.339 e. The average molecular weight is 370 g/mol. The van der Waals surface area contributed by atoms with E-state index in [-0.39, 0.29) is 18.0 Å². The highest BCUT2D eigenvalue weighted by Crippen LogP contribution is 2.46. The van der Waals surface area contributed by atoms with Crippen molar-refractivity contribution in [3.05, 3.63) is 23.8 Å². The highest BCUT2D eigenvalue weighted by molar-refractivity contribution is 5.91. The van der Waals surface area contributed by atoms with Crippen molar-refractivity contribution < 1.29 is 14.6 Å². The monoisotopic (exact) mass is 369 g/mol. The van der Waals surface area contributed by atoms with Crippen LogP contribution in [-0.4, -0.2) is 62.4 Å². The van der Waals surface area contributed by atoms with Gasteiger partial charge in [0.05, 0.1) is 0 Å². The first-order valence-electron chi connectivity index (χ1n) is 8.60. The van der Waals surface area contributed by atoms with Crippen molar-refractivity contribution in [1.82, 2.24) is 10.2 Å². The van der Waals surface area contributed by atoms with Crippen LogP contribution in [0.4, 0.5) is 5.69 Å². The Labute approximate surface area is 155 Å². The van der Waals surface area contributed by atoms with Crippen molar-refractivity contribution in [1.29, 1.82) is 0 Å². The van der Waals surface area contributed by atoms with Gasteiger partial charge in [-0.1, -0.05) is 0 Å². The van der Waals surface area contributed by atoms with Crippen LogP contribution in [0.1, 0.15) is 29.6 Å². The third kappa shape index (κ3) is 4.77. The van der Waals surface area contributed by atoms with Crippen LogP contribution in [0.3, 0.4) is 0 Å². The Morgan fingerprint density at radius 2 is 2.20 bits per heavy atom. The van der Waals surface area contributed by atoms with E-state index in [1.165, 1.54) is 19.3 Å². The van der Waals surface area contributed by atoms with E-state index in [2.05, 4.69) is 10.6 Å². The molecule has 1 aliphatic heterocycles. The van der Waals surface area contributed by atoms with Crippen molar-refractivity contribution in [3.8, 4) is 5.75 Å². The topological polar surface area (TPSA) is 73.8 Å². The number of anilines is 1. The molecule has 0 bridgehead atoms. The molecule has 3 N–H and O–H groups in total. The smallest absolute Gasteiger partial charge is 0.339 e. The van der Waals surface area contributed by atoms with Gasteiger partial charge in [-0.15, -0.1) is 12.4 Å². The Morgan fingerprint density at radius 1 is 1.44 bits per heavy atom. The summed E-state index contributed by atoms with van der Waals surface area (Å²) in [6.07, 6.45) is 3.62. The molecule has 1 heterocycles. The van der Waals surface area contributed by atoms with Crippen molar-refractivity contribution >= 4 is 24.1 Å². The second kappa shape index (κ2) is 8.25. The van der Waals surface area contributed by atoms with Gasteiger partial charge in [0.1, 0.15) is 17.9 Å². The van der Waals surface area contributed by atoms with Crippen molar-refractivity contribution in [2.75, 3.05) is 45.7 Å². The van der Waals surface area contributed by atoms with Gasteiger partial charge in [0.2, 0.25) is 0 Å². The molecule has 1 aromatic carbocycles. The summed E-state index contributed by atoms with van der Waals surface area (Å²) in [6, 6.07) is 5.74. The molecular formula is C18H28ClN3O3. The summed E-state index contributed by atoms with van der Waals surface area (Å²) < 4.78 is 5.70. The van der Waals surface area contributed by atoms with E-state index in [4.69, 9.17) is 4.74 Å². The first kappa shape index (κ1) is 19.8. The number of rotatable bonds is 7. The van der Waals surface area contributed by atoms with Gasteiger partial charge >= 0.3 is 5.97 Å². The third-order valence-electron chi connectivity index (χ3n) is 5.07. The quantitative estimate of drug-likeness (QED) is 0.685. The molecular weight excluding hydrogens is 342 g/mol. The molecule has 140 valence electrons. The minimum atomic E-state index is -0.957. The standard InChI is InChI=1S/C18H27N3O3.ClH/c1-21(2)7-8-24-16-9-13(3-4-15(16)17(22)23)20-14-10-18(11-14)5-6-19-12-18;/h3-4,9,14,19-20H,5-8,10-12H2,1-2H3,(H,22,23);1H. The van der Waals surface area contributed by atoms with Gasteiger partial charge in [-0.2, -0.15) is 0 Å². The van der Waals surface area contributed by atoms with Crippen molar-refractivity contribution in [3.63, 3.8) is 0 Å². The number of benzene rings is 1. The predicted octanol–water partition coefficient (Wildman–Crippen LogP) is 2.30. The van der Waals surface area contributed by atoms with E-state index in [0.29, 0.717) is 23.8 Å². The van der Waals surface area contributed by atoms with Crippen LogP contribution in [0, 0.1) is 5.41 Å². The number of carboxylic acid groups (broad SMARTS) is 1. The van der Waals surface area contributed by atoms with Gasteiger partial charge in [0, 0.05) is 30.9 Å². The van der Waals surface area contributed by atoms with Crippen molar-refractivity contribution in [2.45, 2.75) is 25.3 Å². The molecule has 1 saturated heterocycles. The van der Waals surface area contributed by atoms with Gasteiger partial charge in [-0.3, -0.25) is 0 Å². The van der Waals surface area contributed by atoms with E-state index < -0.39 is 5.97 Å². The summed E-state index contributed by atoms with van der Waals surface area (Å²) in [7, 11) is 3.92. The average Bonchev–Trinajstić information content (AvgIpc) is 2.96. The Kier molecular flexibility index (Phi) is 6.54. The van der Waals surface area contributed by atoms with Crippen LogP contribution in [0.5, 0.6) is 5.75 Å². The highest BCUT2D eigenvalue weighted by atomic mass is 35.5. The van der Waals surface area contributed by atoms with E-state index in [1.54, 1.807) is 6.07 Å². The Bertz CT molecular complexity index is 595. The van der Waals surface area contributed by atoms with Gasteiger partial charge in [0.25, 0.3) is 0 Å². The number of aromatic carboxylic acids is 1. The number of nitrogens with zero attached hydrogens (tertiary/aromatic N) is 1. The summed E-state index contributed by atoms with van der Waals surface area (Å²) in [5, 5.41) is 16.3. The minimum Gasteiger partial charge on any atom is -0.491 e. The fourth-order valence-electron chi connectivity index (χ4n) is 3.71. The molecule has 0 atom stereocenters. The molecule has 25 heavy (non-hydrogen) atoms. The molecule has 1 spiro atoms. The number of carboxylic acids is 1. The molecule has 1 saturated carbocycles. The van der Waals surface area contributed by atoms with Gasteiger partial charge < -0.3 is 25.4 Å². The zero-order valence-electron chi connectivity index (χ0n) is 14.9. The van der Waals surface area contributed by atoms with Gasteiger partial charge in [0.15, 0.2) is 0 Å². The van der Waals surface area contributed by atoms with Crippen LogP contribution in [0.15, 0.2) is 18.2 Å². The number of ether oxygens (including phenoxy) is 1. The molecule has 2 fully saturated rings. The van der Waals surface area contributed by atoms with E-state index in [0.717, 1.165) is 25.3 Å². The lowest BCUT2D eigenvalue weighted by Crippen LogP contribution is -2.46. The lowest BCUT2D eigenvalue weighted by molar-refractivity contribution is 0.0692. The molecule has 1 aromatic rings. The van der Waals surface area contributed by atoms with E-state index in [9.17, 15) is 9.90 Å². The maximum atomic E-state index is 11.4. The first-order chi connectivity index (χ1) is 11.5. The molecule has 1 aliphatic carbocycles. The fourth-order valence-corrected chi connectivity index (χ4v) is 3.71. The number of hydrogen-bond donors (Lipinski definition) is 3. The summed E-state index contributed by atoms with van der Waals surface area (Å²) in [5.41, 5.74) is 1.64. The van der Waals surface area contributed by atoms with Gasteiger partial charge in [-0.05, 0) is 57.5 Å². The molecule has 2 aliphatic rings. The lowest BCUT2D eigenvalue weighted by atomic mass is 9.65. The normalized spacial score (nSPS) is 24.7. The van der Waals surface area contributed by atoms with Gasteiger partial charge in [-0.25, -0.2) is 4.79 Å². The second-order valence-corrected chi connectivity index (χ2v) is 7.34.